The van der Waals surface area contributed by atoms with E-state index in [-0.39, 0.29) is 5.91 Å². The highest BCUT2D eigenvalue weighted by molar-refractivity contribution is 5.91. The molecular weight excluding hydrogens is 219 g/mol. The molecule has 1 N–H and O–H groups in total. The zero-order valence-electron chi connectivity index (χ0n) is 8.51. The van der Waals surface area contributed by atoms with Crippen molar-refractivity contribution in [1.82, 2.24) is 5.32 Å². The van der Waals surface area contributed by atoms with Crippen molar-refractivity contribution in [3.8, 4) is 0 Å². The number of amides is 1. The van der Waals surface area contributed by atoms with Gasteiger partial charge < -0.3 is 5.32 Å². The van der Waals surface area contributed by atoms with Gasteiger partial charge in [0.05, 0.1) is 5.56 Å². The summed E-state index contributed by atoms with van der Waals surface area (Å²) < 4.78 is 36.6. The summed E-state index contributed by atoms with van der Waals surface area (Å²) in [5.74, 6) is -0.306. The summed E-state index contributed by atoms with van der Waals surface area (Å²) in [7, 11) is 1.47. The smallest absolute Gasteiger partial charge is 0.356 e. The van der Waals surface area contributed by atoms with Crippen LogP contribution in [-0.2, 0) is 11.0 Å². The van der Waals surface area contributed by atoms with Crippen molar-refractivity contribution < 1.29 is 18.0 Å². The number of hydrogen-bond acceptors (Lipinski definition) is 1. The summed E-state index contributed by atoms with van der Waals surface area (Å²) in [5.41, 5.74) is -0.166. The molecule has 1 aromatic carbocycles. The van der Waals surface area contributed by atoms with Crippen LogP contribution in [-0.4, -0.2) is 13.0 Å². The summed E-state index contributed by atoms with van der Waals surface area (Å²) in [6, 6.07) is 4.57. The minimum Gasteiger partial charge on any atom is -0.356 e. The van der Waals surface area contributed by atoms with Gasteiger partial charge in [0, 0.05) is 13.1 Å². The van der Waals surface area contributed by atoms with Gasteiger partial charge >= 0.3 is 6.18 Å². The first kappa shape index (κ1) is 12.3. The third kappa shape index (κ3) is 3.42. The number of hydrogen-bond donors (Lipinski definition) is 1. The highest BCUT2D eigenvalue weighted by Gasteiger charge is 2.29. The fraction of sp³-hybridized carbons (Fsp3) is 0.182. The number of benzene rings is 1. The number of nitrogens with one attached hydrogen (secondary N) is 1. The average Bonchev–Trinajstić information content (AvgIpc) is 2.25. The topological polar surface area (TPSA) is 29.1 Å². The molecule has 86 valence electrons. The largest absolute Gasteiger partial charge is 0.416 e. The standard InChI is InChI=1S/C11H10F3NO/c1-15-10(16)7-4-8-2-5-9(6-3-8)11(12,13)14/h2-7H,1H3,(H,15,16). The first-order valence-electron chi connectivity index (χ1n) is 4.50. The Hall–Kier alpha value is -1.78. The van der Waals surface area contributed by atoms with Crippen LogP contribution in [0.1, 0.15) is 11.1 Å². The number of likely N-dealkylation sites (N-methyl/N-ethyl adjacent to an activating group) is 1. The summed E-state index contributed by atoms with van der Waals surface area (Å²) >= 11 is 0. The van der Waals surface area contributed by atoms with Crippen LogP contribution in [0.4, 0.5) is 13.2 Å². The highest BCUT2D eigenvalue weighted by atomic mass is 19.4. The van der Waals surface area contributed by atoms with Gasteiger partial charge in [0.25, 0.3) is 0 Å². The summed E-state index contributed by atoms with van der Waals surface area (Å²) in [5, 5.41) is 2.37. The maximum Gasteiger partial charge on any atom is 0.416 e. The summed E-state index contributed by atoms with van der Waals surface area (Å²) in [6.45, 7) is 0. The Bertz CT molecular complexity index is 393. The number of alkyl halides is 3. The van der Waals surface area contributed by atoms with E-state index in [9.17, 15) is 18.0 Å². The number of rotatable bonds is 2. The molecule has 0 spiro atoms. The molecule has 0 aromatic heterocycles. The van der Waals surface area contributed by atoms with E-state index < -0.39 is 11.7 Å². The molecule has 0 aliphatic carbocycles. The second-order valence-electron chi connectivity index (χ2n) is 3.07. The van der Waals surface area contributed by atoms with Gasteiger partial charge in [-0.3, -0.25) is 4.79 Å². The number of halogens is 3. The van der Waals surface area contributed by atoms with Gasteiger partial charge in [0.15, 0.2) is 0 Å². The van der Waals surface area contributed by atoms with E-state index >= 15 is 0 Å². The molecule has 0 heterocycles. The van der Waals surface area contributed by atoms with Crippen molar-refractivity contribution in [2.24, 2.45) is 0 Å². The zero-order valence-corrected chi connectivity index (χ0v) is 8.51. The van der Waals surface area contributed by atoms with Crippen LogP contribution in [0.15, 0.2) is 30.3 Å². The van der Waals surface area contributed by atoms with Crippen molar-refractivity contribution in [3.63, 3.8) is 0 Å². The second kappa shape index (κ2) is 4.83. The maximum atomic E-state index is 12.2. The predicted octanol–water partition coefficient (Wildman–Crippen LogP) is 2.46. The summed E-state index contributed by atoms with van der Waals surface area (Å²) in [4.78, 5) is 10.8. The lowest BCUT2D eigenvalue weighted by molar-refractivity contribution is -0.137. The molecule has 0 unspecified atom stereocenters. The van der Waals surface area contributed by atoms with E-state index in [4.69, 9.17) is 0 Å². The molecule has 1 aromatic rings. The van der Waals surface area contributed by atoms with Crippen LogP contribution in [0.5, 0.6) is 0 Å². The Morgan fingerprint density at radius 1 is 1.25 bits per heavy atom. The van der Waals surface area contributed by atoms with Crippen molar-refractivity contribution in [2.45, 2.75) is 6.18 Å². The maximum absolute atomic E-state index is 12.2. The SMILES string of the molecule is CNC(=O)C=Cc1ccc(C(F)(F)F)cc1. The molecule has 1 rings (SSSR count). The highest BCUT2D eigenvalue weighted by Crippen LogP contribution is 2.29. The van der Waals surface area contributed by atoms with E-state index in [0.717, 1.165) is 12.1 Å². The Morgan fingerprint density at radius 2 is 1.81 bits per heavy atom. The minimum atomic E-state index is -4.33. The van der Waals surface area contributed by atoms with Crippen LogP contribution in [0.3, 0.4) is 0 Å². The number of carbonyl (C=O) groups excluding carboxylic acids is 1. The molecule has 0 atom stereocenters. The molecular formula is C11H10F3NO. The van der Waals surface area contributed by atoms with Crippen molar-refractivity contribution >= 4 is 12.0 Å². The Labute approximate surface area is 90.8 Å². The molecule has 0 radical (unpaired) electrons. The van der Waals surface area contributed by atoms with Crippen molar-refractivity contribution in [3.05, 3.63) is 41.5 Å². The molecule has 0 bridgehead atoms. The monoisotopic (exact) mass is 229 g/mol. The third-order valence-corrected chi connectivity index (χ3v) is 1.91. The third-order valence-electron chi connectivity index (χ3n) is 1.91. The Morgan fingerprint density at radius 3 is 2.25 bits per heavy atom. The molecule has 5 heteroatoms. The molecule has 0 aliphatic rings. The van der Waals surface area contributed by atoms with E-state index in [2.05, 4.69) is 5.32 Å². The predicted molar refractivity (Wildman–Crippen MR) is 54.5 cm³/mol. The van der Waals surface area contributed by atoms with Gasteiger partial charge in [0.1, 0.15) is 0 Å². The lowest BCUT2D eigenvalue weighted by atomic mass is 10.1. The van der Waals surface area contributed by atoms with Crippen LogP contribution < -0.4 is 5.32 Å². The molecule has 1 amide bonds. The van der Waals surface area contributed by atoms with Crippen LogP contribution in [0.2, 0.25) is 0 Å². The van der Waals surface area contributed by atoms with Crippen LogP contribution >= 0.6 is 0 Å². The molecule has 2 nitrogen and oxygen atoms in total. The fourth-order valence-corrected chi connectivity index (χ4v) is 1.04. The van der Waals surface area contributed by atoms with Gasteiger partial charge in [0.2, 0.25) is 5.91 Å². The second-order valence-corrected chi connectivity index (χ2v) is 3.07. The Balaban J connectivity index is 2.80. The molecule has 0 aliphatic heterocycles. The molecule has 0 fully saturated rings. The lowest BCUT2D eigenvalue weighted by Gasteiger charge is -2.05. The molecule has 0 saturated carbocycles. The fourth-order valence-electron chi connectivity index (χ4n) is 1.04. The molecule has 16 heavy (non-hydrogen) atoms. The zero-order chi connectivity index (χ0) is 12.2. The Kier molecular flexibility index (Phi) is 3.71. The minimum absolute atomic E-state index is 0.306. The van der Waals surface area contributed by atoms with E-state index in [1.165, 1.54) is 31.3 Å². The number of carbonyl (C=O) groups is 1. The van der Waals surface area contributed by atoms with Gasteiger partial charge in [-0.25, -0.2) is 0 Å². The lowest BCUT2D eigenvalue weighted by Crippen LogP contribution is -2.13. The van der Waals surface area contributed by atoms with Gasteiger partial charge in [-0.15, -0.1) is 0 Å². The van der Waals surface area contributed by atoms with Gasteiger partial charge in [-0.05, 0) is 23.8 Å². The van der Waals surface area contributed by atoms with E-state index in [1.807, 2.05) is 0 Å². The normalized spacial score (nSPS) is 11.8. The first-order valence-corrected chi connectivity index (χ1v) is 4.50. The van der Waals surface area contributed by atoms with Crippen molar-refractivity contribution in [1.29, 1.82) is 0 Å². The quantitative estimate of drug-likeness (QED) is 0.775. The van der Waals surface area contributed by atoms with E-state index in [1.54, 1.807) is 0 Å². The van der Waals surface area contributed by atoms with Gasteiger partial charge in [-0.2, -0.15) is 13.2 Å². The first-order chi connectivity index (χ1) is 7.43. The van der Waals surface area contributed by atoms with Crippen molar-refractivity contribution in [2.75, 3.05) is 7.05 Å². The average molecular weight is 229 g/mol. The summed E-state index contributed by atoms with van der Waals surface area (Å²) in [6.07, 6.45) is -1.63. The van der Waals surface area contributed by atoms with Gasteiger partial charge in [-0.1, -0.05) is 12.1 Å². The van der Waals surface area contributed by atoms with E-state index in [0.29, 0.717) is 5.56 Å². The van der Waals surface area contributed by atoms with Crippen LogP contribution in [0, 0.1) is 0 Å². The molecule has 0 saturated heterocycles. The van der Waals surface area contributed by atoms with Crippen LogP contribution in [0.25, 0.3) is 6.08 Å².